The molecule has 1 aromatic rings. The van der Waals surface area contributed by atoms with Crippen LogP contribution in [0.1, 0.15) is 11.1 Å². The van der Waals surface area contributed by atoms with Crippen molar-refractivity contribution in [3.63, 3.8) is 0 Å². The summed E-state index contributed by atoms with van der Waals surface area (Å²) in [6.07, 6.45) is 1.01. The second-order valence-corrected chi connectivity index (χ2v) is 5.37. The molecule has 0 amide bonds. The Morgan fingerprint density at radius 1 is 1.50 bits per heavy atom. The van der Waals surface area contributed by atoms with E-state index < -0.39 is 0 Å². The molecule has 0 aliphatic carbocycles. The third-order valence-corrected chi connectivity index (χ3v) is 3.36. The quantitative estimate of drug-likeness (QED) is 0.793. The topological polar surface area (TPSA) is 12.5 Å². The van der Waals surface area contributed by atoms with Gasteiger partial charge in [-0.2, -0.15) is 0 Å². The molecular formula is C12H15BrClNO. The first-order valence-corrected chi connectivity index (χ1v) is 6.72. The Morgan fingerprint density at radius 2 is 2.31 bits per heavy atom. The SMILES string of the molecule is CN(CCCl)Cc1cc(Br)cc2c1OCC2. The van der Waals surface area contributed by atoms with Gasteiger partial charge in [-0.25, -0.2) is 0 Å². The predicted molar refractivity (Wildman–Crippen MR) is 70.4 cm³/mol. The number of hydrogen-bond acceptors (Lipinski definition) is 2. The minimum Gasteiger partial charge on any atom is -0.493 e. The zero-order valence-electron chi connectivity index (χ0n) is 9.30. The van der Waals surface area contributed by atoms with Gasteiger partial charge in [0.1, 0.15) is 5.75 Å². The van der Waals surface area contributed by atoms with Crippen molar-refractivity contribution in [2.45, 2.75) is 13.0 Å². The molecular weight excluding hydrogens is 289 g/mol. The minimum atomic E-state index is 0.660. The molecule has 0 N–H and O–H groups in total. The van der Waals surface area contributed by atoms with Gasteiger partial charge in [-0.05, 0) is 24.7 Å². The van der Waals surface area contributed by atoms with E-state index in [1.54, 1.807) is 0 Å². The number of benzene rings is 1. The van der Waals surface area contributed by atoms with Crippen LogP contribution in [0.4, 0.5) is 0 Å². The molecule has 0 radical (unpaired) electrons. The monoisotopic (exact) mass is 303 g/mol. The summed E-state index contributed by atoms with van der Waals surface area (Å²) >= 11 is 9.27. The van der Waals surface area contributed by atoms with Crippen molar-refractivity contribution >= 4 is 27.5 Å². The number of halogens is 2. The van der Waals surface area contributed by atoms with Crippen molar-refractivity contribution < 1.29 is 4.74 Å². The van der Waals surface area contributed by atoms with E-state index in [0.29, 0.717) is 5.88 Å². The van der Waals surface area contributed by atoms with Crippen LogP contribution in [0.15, 0.2) is 16.6 Å². The molecule has 0 fully saturated rings. The molecule has 1 aliphatic heterocycles. The standard InChI is InChI=1S/C12H15BrClNO/c1-15(4-3-14)8-10-7-11(13)6-9-2-5-16-12(9)10/h6-7H,2-5,8H2,1H3. The fourth-order valence-corrected chi connectivity index (χ4v) is 2.82. The molecule has 0 bridgehead atoms. The van der Waals surface area contributed by atoms with Gasteiger partial charge in [0, 0.05) is 35.4 Å². The van der Waals surface area contributed by atoms with E-state index in [0.717, 1.165) is 36.3 Å². The van der Waals surface area contributed by atoms with Crippen molar-refractivity contribution in [2.75, 3.05) is 26.1 Å². The van der Waals surface area contributed by atoms with Gasteiger partial charge in [0.25, 0.3) is 0 Å². The molecule has 16 heavy (non-hydrogen) atoms. The summed E-state index contributed by atoms with van der Waals surface area (Å²) in [6.45, 7) is 2.58. The van der Waals surface area contributed by atoms with Gasteiger partial charge in [-0.3, -0.25) is 0 Å². The normalized spacial score (nSPS) is 14.0. The minimum absolute atomic E-state index is 0.660. The highest BCUT2D eigenvalue weighted by molar-refractivity contribution is 9.10. The van der Waals surface area contributed by atoms with Crippen molar-refractivity contribution in [3.8, 4) is 5.75 Å². The maximum atomic E-state index is 5.73. The molecule has 1 heterocycles. The first kappa shape index (κ1) is 12.2. The van der Waals surface area contributed by atoms with E-state index in [1.807, 2.05) is 0 Å². The maximum Gasteiger partial charge on any atom is 0.127 e. The lowest BCUT2D eigenvalue weighted by atomic mass is 10.1. The van der Waals surface area contributed by atoms with Crippen LogP contribution in [0.2, 0.25) is 0 Å². The summed E-state index contributed by atoms with van der Waals surface area (Å²) in [7, 11) is 2.07. The average Bonchev–Trinajstić information content (AvgIpc) is 2.65. The Bertz CT molecular complexity index is 384. The summed E-state index contributed by atoms with van der Waals surface area (Å²) in [5.74, 6) is 1.73. The van der Waals surface area contributed by atoms with Gasteiger partial charge in [0.15, 0.2) is 0 Å². The molecule has 0 aromatic heterocycles. The van der Waals surface area contributed by atoms with Crippen molar-refractivity contribution in [2.24, 2.45) is 0 Å². The van der Waals surface area contributed by atoms with Gasteiger partial charge in [-0.1, -0.05) is 15.9 Å². The van der Waals surface area contributed by atoms with Crippen LogP contribution in [0.3, 0.4) is 0 Å². The molecule has 4 heteroatoms. The number of rotatable bonds is 4. The summed E-state index contributed by atoms with van der Waals surface area (Å²) < 4.78 is 6.81. The average molecular weight is 305 g/mol. The van der Waals surface area contributed by atoms with Crippen LogP contribution in [-0.2, 0) is 13.0 Å². The van der Waals surface area contributed by atoms with Crippen LogP contribution in [0.5, 0.6) is 5.75 Å². The first-order chi connectivity index (χ1) is 7.70. The largest absolute Gasteiger partial charge is 0.493 e. The number of ether oxygens (including phenoxy) is 1. The number of alkyl halides is 1. The van der Waals surface area contributed by atoms with E-state index in [4.69, 9.17) is 16.3 Å². The lowest BCUT2D eigenvalue weighted by Gasteiger charge is -2.17. The van der Waals surface area contributed by atoms with E-state index in [1.165, 1.54) is 11.1 Å². The highest BCUT2D eigenvalue weighted by Crippen LogP contribution is 2.33. The van der Waals surface area contributed by atoms with Gasteiger partial charge in [-0.15, -0.1) is 11.6 Å². The molecule has 0 saturated heterocycles. The zero-order chi connectivity index (χ0) is 11.5. The summed E-state index contributed by atoms with van der Waals surface area (Å²) in [6, 6.07) is 4.28. The molecule has 0 spiro atoms. The summed E-state index contributed by atoms with van der Waals surface area (Å²) in [4.78, 5) is 2.21. The van der Waals surface area contributed by atoms with Crippen molar-refractivity contribution in [3.05, 3.63) is 27.7 Å². The second-order valence-electron chi connectivity index (χ2n) is 4.08. The number of hydrogen-bond donors (Lipinski definition) is 0. The lowest BCUT2D eigenvalue weighted by Crippen LogP contribution is -2.20. The van der Waals surface area contributed by atoms with E-state index >= 15 is 0 Å². The van der Waals surface area contributed by atoms with Crippen LogP contribution >= 0.6 is 27.5 Å². The Morgan fingerprint density at radius 3 is 3.06 bits per heavy atom. The summed E-state index contributed by atoms with van der Waals surface area (Å²) in [5.41, 5.74) is 2.55. The molecule has 1 aliphatic rings. The van der Waals surface area contributed by atoms with Crippen LogP contribution < -0.4 is 4.74 Å². The lowest BCUT2D eigenvalue weighted by molar-refractivity contribution is 0.322. The number of fused-ring (bicyclic) bond motifs is 1. The Labute approximate surface area is 110 Å². The maximum absolute atomic E-state index is 5.73. The summed E-state index contributed by atoms with van der Waals surface area (Å²) in [5, 5.41) is 0. The Kier molecular flexibility index (Phi) is 4.11. The molecule has 0 unspecified atom stereocenters. The van der Waals surface area contributed by atoms with Crippen LogP contribution in [0, 0.1) is 0 Å². The van der Waals surface area contributed by atoms with Gasteiger partial charge >= 0.3 is 0 Å². The van der Waals surface area contributed by atoms with E-state index in [9.17, 15) is 0 Å². The van der Waals surface area contributed by atoms with Gasteiger partial charge in [0.05, 0.1) is 6.61 Å². The highest BCUT2D eigenvalue weighted by Gasteiger charge is 2.18. The zero-order valence-corrected chi connectivity index (χ0v) is 11.6. The number of nitrogens with zero attached hydrogens (tertiary/aromatic N) is 1. The molecule has 1 aromatic carbocycles. The highest BCUT2D eigenvalue weighted by atomic mass is 79.9. The fraction of sp³-hybridized carbons (Fsp3) is 0.500. The molecule has 88 valence electrons. The molecule has 0 atom stereocenters. The Balaban J connectivity index is 2.20. The van der Waals surface area contributed by atoms with Crippen molar-refractivity contribution in [1.82, 2.24) is 4.90 Å². The molecule has 0 saturated carbocycles. The second kappa shape index (κ2) is 5.39. The first-order valence-electron chi connectivity index (χ1n) is 5.39. The van der Waals surface area contributed by atoms with Crippen LogP contribution in [-0.4, -0.2) is 31.0 Å². The van der Waals surface area contributed by atoms with Gasteiger partial charge in [0.2, 0.25) is 0 Å². The third kappa shape index (κ3) is 2.70. The Hall–Kier alpha value is -0.250. The smallest absolute Gasteiger partial charge is 0.127 e. The van der Waals surface area contributed by atoms with Crippen LogP contribution in [0.25, 0.3) is 0 Å². The van der Waals surface area contributed by atoms with Crippen molar-refractivity contribution in [1.29, 1.82) is 0 Å². The predicted octanol–water partition coefficient (Wildman–Crippen LogP) is 3.05. The van der Waals surface area contributed by atoms with E-state index in [-0.39, 0.29) is 0 Å². The molecule has 2 nitrogen and oxygen atoms in total. The fourth-order valence-electron chi connectivity index (χ4n) is 1.98. The van der Waals surface area contributed by atoms with E-state index in [2.05, 4.69) is 40.0 Å². The molecule has 2 rings (SSSR count). The third-order valence-electron chi connectivity index (χ3n) is 2.73. The van der Waals surface area contributed by atoms with Gasteiger partial charge < -0.3 is 9.64 Å².